The van der Waals surface area contributed by atoms with Gasteiger partial charge in [0.15, 0.2) is 0 Å². The van der Waals surface area contributed by atoms with E-state index in [1.807, 2.05) is 0 Å². The van der Waals surface area contributed by atoms with E-state index in [-0.39, 0.29) is 78.4 Å². The van der Waals surface area contributed by atoms with E-state index in [1.54, 1.807) is 0 Å². The van der Waals surface area contributed by atoms with Crippen molar-refractivity contribution in [2.75, 3.05) is 0 Å². The molecule has 2 N–H and O–H groups in total. The van der Waals surface area contributed by atoms with Gasteiger partial charge < -0.3 is 0 Å². The Hall–Kier alpha value is 2.64. The second kappa shape index (κ2) is 10.6. The standard InChI is InChI=1S/Ba.Na.H2O3S.3H/c;;1-4(2)3;;;/h;;(H2,1,2,3);;;. The van der Waals surface area contributed by atoms with Gasteiger partial charge in [-0.05, 0) is 0 Å². The summed E-state index contributed by atoms with van der Waals surface area (Å²) < 4.78 is 22.8. The zero-order valence-corrected chi connectivity index (χ0v) is 2.53. The summed E-state index contributed by atoms with van der Waals surface area (Å²) in [6, 6.07) is 0. The van der Waals surface area contributed by atoms with E-state index in [9.17, 15) is 0 Å². The van der Waals surface area contributed by atoms with Crippen molar-refractivity contribution in [1.82, 2.24) is 0 Å². The number of hydrogen-bond donors (Lipinski definition) is 2. The molecule has 0 saturated heterocycles. The van der Waals surface area contributed by atoms with Gasteiger partial charge in [-0.3, -0.25) is 9.11 Å². The van der Waals surface area contributed by atoms with Crippen molar-refractivity contribution in [3.05, 3.63) is 0 Å². The molecular weight excluding hydrogens is 240 g/mol. The van der Waals surface area contributed by atoms with E-state index in [0.29, 0.717) is 0 Å². The van der Waals surface area contributed by atoms with Crippen LogP contribution in [-0.4, -0.2) is 91.8 Å². The molecule has 0 unspecified atom stereocenters. The fraction of sp³-hybridized carbons (Fsp3) is 0. The molecule has 0 aromatic carbocycles. The molecule has 0 atom stereocenters. The van der Waals surface area contributed by atoms with Gasteiger partial charge in [-0.15, -0.1) is 0 Å². The van der Waals surface area contributed by atoms with Crippen LogP contribution in [0.2, 0.25) is 0 Å². The Morgan fingerprint density at radius 3 is 1.33 bits per heavy atom. The maximum atomic E-state index is 8.67. The molecular formula is H5BaNaO3S. The summed E-state index contributed by atoms with van der Waals surface area (Å²) in [7, 11) is 0. The van der Waals surface area contributed by atoms with Crippen LogP contribution in [-0.2, 0) is 11.4 Å². The van der Waals surface area contributed by atoms with Gasteiger partial charge in [0.1, 0.15) is 0 Å². The summed E-state index contributed by atoms with van der Waals surface area (Å²) in [6.07, 6.45) is 0. The van der Waals surface area contributed by atoms with Gasteiger partial charge in [0, 0.05) is 0 Å². The molecule has 0 aromatic rings. The van der Waals surface area contributed by atoms with Gasteiger partial charge in [0.2, 0.25) is 0 Å². The van der Waals surface area contributed by atoms with Crippen LogP contribution in [0.1, 0.15) is 0 Å². The maximum absolute atomic E-state index is 8.67. The van der Waals surface area contributed by atoms with E-state index in [2.05, 4.69) is 0 Å². The second-order valence-electron chi connectivity index (χ2n) is 0.231. The molecule has 0 bridgehead atoms. The Balaban J connectivity index is -0.0000000450. The molecule has 0 aromatic heterocycles. The van der Waals surface area contributed by atoms with Crippen LogP contribution in [0.5, 0.6) is 0 Å². The minimum atomic E-state index is -2.61. The monoisotopic (exact) mass is 246 g/mol. The van der Waals surface area contributed by atoms with Gasteiger partial charge in [0.05, 0.1) is 0 Å². The molecule has 0 rings (SSSR count). The molecule has 6 heavy (non-hydrogen) atoms. The van der Waals surface area contributed by atoms with Crippen molar-refractivity contribution in [2.45, 2.75) is 0 Å². The minimum absolute atomic E-state index is 0. The molecule has 0 aliphatic rings. The first-order valence-electron chi connectivity index (χ1n) is 0.532. The van der Waals surface area contributed by atoms with Crippen LogP contribution >= 0.6 is 0 Å². The molecule has 0 spiro atoms. The SMILES string of the molecule is O=S(O)O.[BaH2].[NaH]. The Morgan fingerprint density at radius 1 is 1.33 bits per heavy atom. The van der Waals surface area contributed by atoms with Crippen molar-refractivity contribution < 1.29 is 13.3 Å². The summed E-state index contributed by atoms with van der Waals surface area (Å²) >= 11 is -2.61. The number of hydrogen-bond acceptors (Lipinski definition) is 1. The molecule has 0 saturated carbocycles. The van der Waals surface area contributed by atoms with Crippen LogP contribution in [0.15, 0.2) is 0 Å². The van der Waals surface area contributed by atoms with Gasteiger partial charge in [-0.25, -0.2) is 0 Å². The topological polar surface area (TPSA) is 57.5 Å². The molecule has 0 aliphatic carbocycles. The Kier molecular flexibility index (Phi) is 28.0. The average molecular weight is 245 g/mol. The average Bonchev–Trinajstić information content (AvgIpc) is 0.811. The summed E-state index contributed by atoms with van der Waals surface area (Å²) in [4.78, 5) is 0. The zero-order chi connectivity index (χ0) is 3.58. The summed E-state index contributed by atoms with van der Waals surface area (Å²) in [5, 5.41) is 0. The van der Waals surface area contributed by atoms with E-state index in [1.165, 1.54) is 0 Å². The van der Waals surface area contributed by atoms with Gasteiger partial charge in [0.25, 0.3) is 11.4 Å². The fourth-order valence-electron chi connectivity index (χ4n) is 0. The quantitative estimate of drug-likeness (QED) is 0.388. The van der Waals surface area contributed by atoms with E-state index >= 15 is 0 Å². The molecule has 0 aliphatic heterocycles. The van der Waals surface area contributed by atoms with Crippen molar-refractivity contribution in [3.63, 3.8) is 0 Å². The first kappa shape index (κ1) is 15.9. The van der Waals surface area contributed by atoms with Crippen molar-refractivity contribution in [1.29, 1.82) is 0 Å². The Bertz CT molecular complexity index is 33.8. The molecule has 3 nitrogen and oxygen atoms in total. The molecule has 0 fully saturated rings. The normalized spacial score (nSPS) is 5.83. The third kappa shape index (κ3) is 30.3. The predicted octanol–water partition coefficient (Wildman–Crippen LogP) is -1.88. The summed E-state index contributed by atoms with van der Waals surface area (Å²) in [5.74, 6) is 0. The second-order valence-corrected chi connectivity index (χ2v) is 0.692. The van der Waals surface area contributed by atoms with Crippen LogP contribution < -0.4 is 0 Å². The Labute approximate surface area is 101 Å². The Morgan fingerprint density at radius 2 is 1.33 bits per heavy atom. The van der Waals surface area contributed by atoms with Crippen molar-refractivity contribution in [3.8, 4) is 0 Å². The third-order valence-corrected chi connectivity index (χ3v) is 0. The number of rotatable bonds is 0. The van der Waals surface area contributed by atoms with Crippen molar-refractivity contribution in [2.24, 2.45) is 0 Å². The van der Waals surface area contributed by atoms with E-state index in [4.69, 9.17) is 13.3 Å². The van der Waals surface area contributed by atoms with Gasteiger partial charge in [-0.1, -0.05) is 0 Å². The van der Waals surface area contributed by atoms with Crippen LogP contribution in [0, 0.1) is 0 Å². The summed E-state index contributed by atoms with van der Waals surface area (Å²) in [5.41, 5.74) is 0. The molecule has 0 heterocycles. The van der Waals surface area contributed by atoms with Crippen LogP contribution in [0.4, 0.5) is 0 Å². The van der Waals surface area contributed by atoms with Gasteiger partial charge >= 0.3 is 78.4 Å². The zero-order valence-electron chi connectivity index (χ0n) is 1.71. The van der Waals surface area contributed by atoms with E-state index < -0.39 is 11.4 Å². The molecule has 6 heteroatoms. The molecule has 0 amide bonds. The predicted molar refractivity (Wildman–Crippen MR) is 29.1 cm³/mol. The van der Waals surface area contributed by atoms with Crippen LogP contribution in [0.3, 0.4) is 0 Å². The van der Waals surface area contributed by atoms with Crippen LogP contribution in [0.25, 0.3) is 0 Å². The van der Waals surface area contributed by atoms with Gasteiger partial charge in [-0.2, -0.15) is 4.21 Å². The molecule has 32 valence electrons. The van der Waals surface area contributed by atoms with E-state index in [0.717, 1.165) is 0 Å². The first-order chi connectivity index (χ1) is 1.73. The summed E-state index contributed by atoms with van der Waals surface area (Å²) in [6.45, 7) is 0. The molecule has 0 radical (unpaired) electrons. The first-order valence-corrected chi connectivity index (χ1v) is 1.60. The third-order valence-electron chi connectivity index (χ3n) is 0. The fourth-order valence-corrected chi connectivity index (χ4v) is 0. The van der Waals surface area contributed by atoms with Crippen molar-refractivity contribution >= 4 is 89.8 Å².